The SMILES string of the molecule is [2H]c1c([2H])c([2H])c(-c2c3ccccc3c(-c3cccc4oc5ccccc5c34)c3ccccc23)c([2H])c1[2H]. The molecule has 0 fully saturated rings. The first-order valence-electron chi connectivity index (χ1n) is 13.4. The molecule has 0 amide bonds. The Labute approximate surface area is 198 Å². The third-order valence-electron chi connectivity index (χ3n) is 6.35. The maximum absolute atomic E-state index is 8.73. The third-order valence-corrected chi connectivity index (χ3v) is 6.35. The first-order chi connectivity index (χ1) is 18.5. The summed E-state index contributed by atoms with van der Waals surface area (Å²) in [4.78, 5) is 0. The highest BCUT2D eigenvalue weighted by Crippen LogP contribution is 2.46. The van der Waals surface area contributed by atoms with Gasteiger partial charge in [-0.15, -0.1) is 0 Å². The number of fused-ring (bicyclic) bond motifs is 5. The summed E-state index contributed by atoms with van der Waals surface area (Å²) in [7, 11) is 0. The summed E-state index contributed by atoms with van der Waals surface area (Å²) in [5.74, 6) is 0. The van der Waals surface area contributed by atoms with Crippen molar-refractivity contribution < 1.29 is 11.3 Å². The number of hydrogen-bond donors (Lipinski definition) is 0. The molecule has 0 atom stereocenters. The Morgan fingerprint density at radius 1 is 0.485 bits per heavy atom. The van der Waals surface area contributed by atoms with E-state index in [9.17, 15) is 0 Å². The standard InChI is InChI=1S/C32H20O/c1-2-11-21(12-3-1)30-22-13-4-6-15-24(22)31(25-16-7-5-14-23(25)30)27-18-10-20-29-32(27)26-17-8-9-19-28(26)33-29/h1-20H/i1D,2D,3D,11D,12D. The Kier molecular flexibility index (Phi) is 2.99. The van der Waals surface area contributed by atoms with Gasteiger partial charge in [-0.05, 0) is 55.9 Å². The van der Waals surface area contributed by atoms with Gasteiger partial charge in [-0.25, -0.2) is 0 Å². The molecule has 154 valence electrons. The van der Waals surface area contributed by atoms with Crippen LogP contribution in [0.1, 0.15) is 6.85 Å². The van der Waals surface area contributed by atoms with E-state index < -0.39 is 6.04 Å². The van der Waals surface area contributed by atoms with E-state index in [0.717, 1.165) is 54.6 Å². The molecule has 1 heteroatoms. The zero-order valence-corrected chi connectivity index (χ0v) is 17.6. The zero-order valence-electron chi connectivity index (χ0n) is 22.6. The molecule has 33 heavy (non-hydrogen) atoms. The fourth-order valence-corrected chi connectivity index (χ4v) is 5.05. The van der Waals surface area contributed by atoms with E-state index in [2.05, 4.69) is 12.1 Å². The van der Waals surface area contributed by atoms with Crippen molar-refractivity contribution >= 4 is 43.5 Å². The van der Waals surface area contributed by atoms with Gasteiger partial charge >= 0.3 is 0 Å². The molecule has 0 bridgehead atoms. The normalized spacial score (nSPS) is 13.8. The molecular formula is C32H20O. The average molecular weight is 426 g/mol. The summed E-state index contributed by atoms with van der Waals surface area (Å²) < 4.78 is 48.4. The Morgan fingerprint density at radius 3 is 1.70 bits per heavy atom. The first kappa shape index (κ1) is 13.9. The van der Waals surface area contributed by atoms with Gasteiger partial charge in [0.1, 0.15) is 11.2 Å². The summed E-state index contributed by atoms with van der Waals surface area (Å²) in [6.45, 7) is 0. The van der Waals surface area contributed by atoms with Crippen LogP contribution in [0.15, 0.2) is 126 Å². The Bertz CT molecular complexity index is 2000. The molecule has 0 saturated heterocycles. The topological polar surface area (TPSA) is 13.1 Å². The van der Waals surface area contributed by atoms with Crippen LogP contribution in [-0.4, -0.2) is 0 Å². The van der Waals surface area contributed by atoms with E-state index in [0.29, 0.717) is 5.56 Å². The quantitative estimate of drug-likeness (QED) is 0.252. The summed E-state index contributed by atoms with van der Waals surface area (Å²) in [6.07, 6.45) is 0. The maximum atomic E-state index is 8.73. The summed E-state index contributed by atoms with van der Waals surface area (Å²) in [6, 6.07) is 28.4. The minimum Gasteiger partial charge on any atom is -0.456 e. The molecule has 0 radical (unpaired) electrons. The third kappa shape index (κ3) is 2.66. The fraction of sp³-hybridized carbons (Fsp3) is 0. The Balaban J connectivity index is 1.71. The molecule has 0 unspecified atom stereocenters. The van der Waals surface area contributed by atoms with Gasteiger partial charge in [-0.3, -0.25) is 0 Å². The van der Waals surface area contributed by atoms with Gasteiger partial charge in [0.05, 0.1) is 6.85 Å². The maximum Gasteiger partial charge on any atom is 0.136 e. The monoisotopic (exact) mass is 425 g/mol. The number of hydrogen-bond acceptors (Lipinski definition) is 1. The Morgan fingerprint density at radius 2 is 1.03 bits per heavy atom. The minimum absolute atomic E-state index is 0.206. The molecule has 7 aromatic rings. The van der Waals surface area contributed by atoms with E-state index in [1.807, 2.05) is 78.9 Å². The average Bonchev–Trinajstić information content (AvgIpc) is 3.34. The van der Waals surface area contributed by atoms with Gasteiger partial charge in [0.25, 0.3) is 0 Å². The van der Waals surface area contributed by atoms with Crippen molar-refractivity contribution in [2.75, 3.05) is 0 Å². The second kappa shape index (κ2) is 7.08. The highest BCUT2D eigenvalue weighted by Gasteiger charge is 2.19. The van der Waals surface area contributed by atoms with Gasteiger partial charge in [0.15, 0.2) is 0 Å². The molecule has 0 aliphatic rings. The molecule has 0 N–H and O–H groups in total. The van der Waals surface area contributed by atoms with Crippen LogP contribution in [0.3, 0.4) is 0 Å². The lowest BCUT2D eigenvalue weighted by molar-refractivity contribution is 0.669. The van der Waals surface area contributed by atoms with Gasteiger partial charge in [0, 0.05) is 10.8 Å². The zero-order chi connectivity index (χ0) is 26.1. The second-order valence-electron chi connectivity index (χ2n) is 8.12. The summed E-state index contributed by atoms with van der Waals surface area (Å²) >= 11 is 0. The molecule has 7 rings (SSSR count). The van der Waals surface area contributed by atoms with Crippen molar-refractivity contribution in [2.24, 2.45) is 0 Å². The number of benzene rings is 6. The van der Waals surface area contributed by atoms with Crippen molar-refractivity contribution in [3.05, 3.63) is 121 Å². The van der Waals surface area contributed by atoms with Crippen LogP contribution >= 0.6 is 0 Å². The largest absolute Gasteiger partial charge is 0.456 e. The number of rotatable bonds is 2. The number of para-hydroxylation sites is 1. The molecule has 1 aromatic heterocycles. The predicted molar refractivity (Wildman–Crippen MR) is 140 cm³/mol. The van der Waals surface area contributed by atoms with E-state index in [1.165, 1.54) is 0 Å². The van der Waals surface area contributed by atoms with Crippen LogP contribution in [0.2, 0.25) is 0 Å². The molecule has 0 saturated carbocycles. The predicted octanol–water partition coefficient (Wildman–Crippen LogP) is 9.23. The van der Waals surface area contributed by atoms with Crippen LogP contribution < -0.4 is 0 Å². The summed E-state index contributed by atoms with van der Waals surface area (Å²) in [5.41, 5.74) is 4.51. The first-order valence-corrected chi connectivity index (χ1v) is 10.9. The van der Waals surface area contributed by atoms with Crippen molar-refractivity contribution in [3.63, 3.8) is 0 Å². The van der Waals surface area contributed by atoms with Crippen molar-refractivity contribution in [1.82, 2.24) is 0 Å². The van der Waals surface area contributed by atoms with E-state index in [1.54, 1.807) is 0 Å². The fourth-order valence-electron chi connectivity index (χ4n) is 5.05. The molecule has 0 spiro atoms. The lowest BCUT2D eigenvalue weighted by Crippen LogP contribution is -1.91. The molecular weight excluding hydrogens is 400 g/mol. The molecule has 1 heterocycles. The minimum atomic E-state index is -0.396. The van der Waals surface area contributed by atoms with Crippen molar-refractivity contribution in [3.8, 4) is 22.3 Å². The van der Waals surface area contributed by atoms with Gasteiger partial charge < -0.3 is 4.42 Å². The Hall–Kier alpha value is -4.36. The summed E-state index contributed by atoms with van der Waals surface area (Å²) in [5, 5.41) is 5.57. The highest BCUT2D eigenvalue weighted by atomic mass is 16.3. The molecule has 6 aromatic carbocycles. The van der Waals surface area contributed by atoms with Gasteiger partial charge in [-0.2, -0.15) is 0 Å². The second-order valence-corrected chi connectivity index (χ2v) is 8.12. The van der Waals surface area contributed by atoms with Gasteiger partial charge in [-0.1, -0.05) is 109 Å². The number of furan rings is 1. The van der Waals surface area contributed by atoms with Crippen molar-refractivity contribution in [2.45, 2.75) is 0 Å². The van der Waals surface area contributed by atoms with Crippen LogP contribution in [0, 0.1) is 0 Å². The van der Waals surface area contributed by atoms with Crippen LogP contribution in [0.25, 0.3) is 65.7 Å². The lowest BCUT2D eigenvalue weighted by Gasteiger charge is -2.18. The van der Waals surface area contributed by atoms with Crippen molar-refractivity contribution in [1.29, 1.82) is 0 Å². The lowest BCUT2D eigenvalue weighted by atomic mass is 9.85. The van der Waals surface area contributed by atoms with Gasteiger partial charge in [0.2, 0.25) is 0 Å². The van der Waals surface area contributed by atoms with E-state index in [4.69, 9.17) is 11.3 Å². The van der Waals surface area contributed by atoms with E-state index >= 15 is 0 Å². The van der Waals surface area contributed by atoms with E-state index in [-0.39, 0.29) is 29.7 Å². The molecule has 0 aliphatic carbocycles. The van der Waals surface area contributed by atoms with Crippen LogP contribution in [-0.2, 0) is 0 Å². The highest BCUT2D eigenvalue weighted by molar-refractivity contribution is 6.25. The van der Waals surface area contributed by atoms with Crippen LogP contribution in [0.4, 0.5) is 0 Å². The molecule has 1 nitrogen and oxygen atoms in total. The smallest absolute Gasteiger partial charge is 0.136 e. The molecule has 0 aliphatic heterocycles. The van der Waals surface area contributed by atoms with Crippen LogP contribution in [0.5, 0.6) is 0 Å².